The van der Waals surface area contributed by atoms with Crippen LogP contribution in [-0.4, -0.2) is 20.3 Å². The number of nitrogens with one attached hydrogen (secondary N) is 1. The van der Waals surface area contributed by atoms with Crippen LogP contribution in [0.3, 0.4) is 0 Å². The van der Waals surface area contributed by atoms with Gasteiger partial charge in [0.05, 0.1) is 5.56 Å². The van der Waals surface area contributed by atoms with Gasteiger partial charge in [0.2, 0.25) is 5.78 Å². The third kappa shape index (κ3) is 1.85. The Morgan fingerprint density at radius 1 is 1.37 bits per heavy atom. The number of carbonyl (C=O) groups excluding carboxylic acids is 1. The summed E-state index contributed by atoms with van der Waals surface area (Å²) in [4.78, 5) is 19.6. The van der Waals surface area contributed by atoms with Crippen LogP contribution in [0.2, 0.25) is 0 Å². The maximum absolute atomic E-state index is 12.5. The number of hydrogen-bond acceptors (Lipinski definition) is 2. The molecule has 3 aromatic rings. The molecule has 19 heavy (non-hydrogen) atoms. The number of aromatic nitrogens is 3. The third-order valence-electron chi connectivity index (χ3n) is 3.29. The van der Waals surface area contributed by atoms with Crippen LogP contribution in [0.5, 0.6) is 0 Å². The Balaban J connectivity index is 2.17. The zero-order valence-corrected chi connectivity index (χ0v) is 11.0. The number of benzene rings is 1. The molecule has 0 unspecified atom stereocenters. The average Bonchev–Trinajstić information content (AvgIpc) is 3.02. The quantitative estimate of drug-likeness (QED) is 0.730. The fourth-order valence-electron chi connectivity index (χ4n) is 2.34. The number of rotatable bonds is 3. The molecule has 0 fully saturated rings. The van der Waals surface area contributed by atoms with E-state index in [1.165, 1.54) is 0 Å². The van der Waals surface area contributed by atoms with E-state index in [4.69, 9.17) is 0 Å². The number of hydrogen-bond donors (Lipinski definition) is 1. The summed E-state index contributed by atoms with van der Waals surface area (Å²) in [6.07, 6.45) is 3.58. The van der Waals surface area contributed by atoms with Gasteiger partial charge in [0, 0.05) is 35.5 Å². The van der Waals surface area contributed by atoms with Crippen molar-refractivity contribution < 1.29 is 4.79 Å². The Kier molecular flexibility index (Phi) is 2.71. The number of H-pyrrole nitrogens is 1. The molecule has 0 radical (unpaired) electrons. The summed E-state index contributed by atoms with van der Waals surface area (Å²) >= 11 is 0. The van der Waals surface area contributed by atoms with Crippen molar-refractivity contribution in [1.82, 2.24) is 14.5 Å². The summed E-state index contributed by atoms with van der Waals surface area (Å²) in [5, 5.41) is 0.975. The van der Waals surface area contributed by atoms with E-state index in [0.29, 0.717) is 11.4 Å². The Labute approximate surface area is 111 Å². The zero-order valence-electron chi connectivity index (χ0n) is 11.0. The number of fused-ring (bicyclic) bond motifs is 1. The lowest BCUT2D eigenvalue weighted by Gasteiger charge is -1.97. The summed E-state index contributed by atoms with van der Waals surface area (Å²) in [5.41, 5.74) is 2.67. The van der Waals surface area contributed by atoms with E-state index in [0.717, 1.165) is 23.1 Å². The van der Waals surface area contributed by atoms with Crippen LogP contribution in [-0.2, 0) is 6.54 Å². The second-order valence-electron chi connectivity index (χ2n) is 4.59. The molecular formula is C15H15N3O. The number of aromatic amines is 1. The first-order chi connectivity index (χ1) is 9.20. The van der Waals surface area contributed by atoms with Gasteiger partial charge in [-0.1, -0.05) is 18.2 Å². The molecule has 1 N–H and O–H groups in total. The van der Waals surface area contributed by atoms with Gasteiger partial charge in [0.25, 0.3) is 0 Å². The molecule has 1 aromatic carbocycles. The third-order valence-corrected chi connectivity index (χ3v) is 3.29. The minimum absolute atomic E-state index is 0.0588. The van der Waals surface area contributed by atoms with E-state index < -0.39 is 0 Å². The molecule has 96 valence electrons. The Bertz CT molecular complexity index is 752. The van der Waals surface area contributed by atoms with Crippen LogP contribution in [0.4, 0.5) is 0 Å². The molecule has 0 atom stereocenters. The predicted octanol–water partition coefficient (Wildman–Crippen LogP) is 2.92. The first-order valence-corrected chi connectivity index (χ1v) is 6.35. The first kappa shape index (κ1) is 11.7. The summed E-state index contributed by atoms with van der Waals surface area (Å²) in [6, 6.07) is 7.94. The van der Waals surface area contributed by atoms with Crippen LogP contribution in [0.1, 0.15) is 28.8 Å². The fraction of sp³-hybridized carbons (Fsp3) is 0.200. The highest BCUT2D eigenvalue weighted by atomic mass is 16.1. The average molecular weight is 253 g/mol. The van der Waals surface area contributed by atoms with E-state index in [1.807, 2.05) is 37.4 Å². The molecular weight excluding hydrogens is 238 g/mol. The SMILES string of the molecule is CCn1cc(C(=O)c2ncc(C)[nH]2)c2ccccc21. The van der Waals surface area contributed by atoms with Gasteiger partial charge in [-0.05, 0) is 19.9 Å². The van der Waals surface area contributed by atoms with Crippen LogP contribution >= 0.6 is 0 Å². The summed E-state index contributed by atoms with van der Waals surface area (Å²) in [5.74, 6) is 0.341. The van der Waals surface area contributed by atoms with Gasteiger partial charge in [0.1, 0.15) is 0 Å². The highest BCUT2D eigenvalue weighted by Gasteiger charge is 2.18. The summed E-state index contributed by atoms with van der Waals surface area (Å²) in [6.45, 7) is 4.79. The maximum atomic E-state index is 12.5. The lowest BCUT2D eigenvalue weighted by atomic mass is 10.1. The lowest BCUT2D eigenvalue weighted by Crippen LogP contribution is -2.03. The number of aryl methyl sites for hydroxylation is 2. The number of para-hydroxylation sites is 1. The molecule has 0 spiro atoms. The van der Waals surface area contributed by atoms with E-state index in [2.05, 4.69) is 21.5 Å². The van der Waals surface area contributed by atoms with Crippen molar-refractivity contribution in [3.8, 4) is 0 Å². The maximum Gasteiger partial charge on any atom is 0.230 e. The van der Waals surface area contributed by atoms with Gasteiger partial charge < -0.3 is 9.55 Å². The smallest absolute Gasteiger partial charge is 0.230 e. The monoisotopic (exact) mass is 253 g/mol. The van der Waals surface area contributed by atoms with Gasteiger partial charge in [-0.2, -0.15) is 0 Å². The van der Waals surface area contributed by atoms with Crippen molar-refractivity contribution in [3.05, 3.63) is 53.7 Å². The molecule has 2 heterocycles. The highest BCUT2D eigenvalue weighted by Crippen LogP contribution is 2.23. The molecule has 0 saturated heterocycles. The molecule has 0 amide bonds. The lowest BCUT2D eigenvalue weighted by molar-refractivity contribution is 0.103. The predicted molar refractivity (Wildman–Crippen MR) is 74.4 cm³/mol. The minimum Gasteiger partial charge on any atom is -0.347 e. The number of carbonyl (C=O) groups is 1. The number of nitrogens with zero attached hydrogens (tertiary/aromatic N) is 2. The van der Waals surface area contributed by atoms with Crippen LogP contribution in [0.15, 0.2) is 36.7 Å². The van der Waals surface area contributed by atoms with Crippen molar-refractivity contribution in [1.29, 1.82) is 0 Å². The molecule has 0 bridgehead atoms. The first-order valence-electron chi connectivity index (χ1n) is 6.35. The second kappa shape index (κ2) is 4.39. The molecule has 3 rings (SSSR count). The normalized spacial score (nSPS) is 11.1. The fourth-order valence-corrected chi connectivity index (χ4v) is 2.34. The molecule has 0 aliphatic rings. The molecule has 4 nitrogen and oxygen atoms in total. The summed E-state index contributed by atoms with van der Waals surface area (Å²) in [7, 11) is 0. The standard InChI is InChI=1S/C15H15N3O/c1-3-18-9-12(11-6-4-5-7-13(11)18)14(19)15-16-8-10(2)17-15/h4-9H,3H2,1-2H3,(H,16,17). The van der Waals surface area contributed by atoms with E-state index in [9.17, 15) is 4.79 Å². The summed E-state index contributed by atoms with van der Waals surface area (Å²) < 4.78 is 2.08. The topological polar surface area (TPSA) is 50.7 Å². The Morgan fingerprint density at radius 2 is 2.16 bits per heavy atom. The number of imidazole rings is 1. The highest BCUT2D eigenvalue weighted by molar-refractivity contribution is 6.14. The van der Waals surface area contributed by atoms with Crippen molar-refractivity contribution in [3.63, 3.8) is 0 Å². The van der Waals surface area contributed by atoms with Crippen molar-refractivity contribution in [2.24, 2.45) is 0 Å². The minimum atomic E-state index is -0.0588. The van der Waals surface area contributed by atoms with Crippen LogP contribution < -0.4 is 0 Å². The zero-order chi connectivity index (χ0) is 13.4. The van der Waals surface area contributed by atoms with Crippen molar-refractivity contribution in [2.75, 3.05) is 0 Å². The molecule has 0 aliphatic carbocycles. The van der Waals surface area contributed by atoms with Crippen molar-refractivity contribution in [2.45, 2.75) is 20.4 Å². The molecule has 2 aromatic heterocycles. The Morgan fingerprint density at radius 3 is 2.84 bits per heavy atom. The second-order valence-corrected chi connectivity index (χ2v) is 4.59. The van der Waals surface area contributed by atoms with Gasteiger partial charge in [0.15, 0.2) is 5.82 Å². The molecule has 0 saturated carbocycles. The number of ketones is 1. The van der Waals surface area contributed by atoms with Crippen molar-refractivity contribution >= 4 is 16.7 Å². The van der Waals surface area contributed by atoms with Gasteiger partial charge in [-0.25, -0.2) is 4.98 Å². The van der Waals surface area contributed by atoms with Crippen LogP contribution in [0, 0.1) is 6.92 Å². The molecule has 0 aliphatic heterocycles. The van der Waals surface area contributed by atoms with E-state index in [-0.39, 0.29) is 5.78 Å². The largest absolute Gasteiger partial charge is 0.347 e. The van der Waals surface area contributed by atoms with Gasteiger partial charge in [-0.15, -0.1) is 0 Å². The van der Waals surface area contributed by atoms with Crippen LogP contribution in [0.25, 0.3) is 10.9 Å². The van der Waals surface area contributed by atoms with Gasteiger partial charge >= 0.3 is 0 Å². The Hall–Kier alpha value is -2.36. The van der Waals surface area contributed by atoms with E-state index >= 15 is 0 Å². The van der Waals surface area contributed by atoms with E-state index in [1.54, 1.807) is 6.20 Å². The van der Waals surface area contributed by atoms with Gasteiger partial charge in [-0.3, -0.25) is 4.79 Å². The molecule has 4 heteroatoms.